The molecule has 1 aliphatic carbocycles. The minimum atomic E-state index is -4.07. The molecule has 2 N–H and O–H groups in total. The lowest BCUT2D eigenvalue weighted by Gasteiger charge is -2.29. The Bertz CT molecular complexity index is 589. The van der Waals surface area contributed by atoms with Crippen LogP contribution >= 0.6 is 0 Å². The summed E-state index contributed by atoms with van der Waals surface area (Å²) in [5.74, 6) is -0.858. The van der Waals surface area contributed by atoms with E-state index in [1.165, 1.54) is 6.20 Å². The Morgan fingerprint density at radius 1 is 1.19 bits per heavy atom. The maximum absolute atomic E-state index is 12.7. The van der Waals surface area contributed by atoms with E-state index in [0.29, 0.717) is 30.8 Å². The molecule has 0 spiro atoms. The minimum Gasteiger partial charge on any atom is -0.456 e. The number of nitrogens with zero attached hydrogens (tertiary/aromatic N) is 1. The molecule has 0 saturated heterocycles. The van der Waals surface area contributed by atoms with Gasteiger partial charge in [-0.05, 0) is 64.5 Å². The first-order valence-electron chi connectivity index (χ1n) is 8.79. The van der Waals surface area contributed by atoms with E-state index >= 15 is 0 Å². The van der Waals surface area contributed by atoms with E-state index in [0.717, 1.165) is 0 Å². The lowest BCUT2D eigenvalue weighted by molar-refractivity contribution is -0.183. The van der Waals surface area contributed by atoms with Crippen LogP contribution in [0, 0.1) is 11.8 Å². The third-order valence-electron chi connectivity index (χ3n) is 4.31. The Balaban J connectivity index is 1.73. The molecule has 0 atom stereocenters. The van der Waals surface area contributed by atoms with Gasteiger partial charge in [0.05, 0.1) is 11.5 Å². The van der Waals surface area contributed by atoms with Crippen molar-refractivity contribution in [2.24, 2.45) is 11.8 Å². The van der Waals surface area contributed by atoms with Gasteiger partial charge in [-0.2, -0.15) is 13.2 Å². The molecule has 0 radical (unpaired) electrons. The number of esters is 1. The van der Waals surface area contributed by atoms with Gasteiger partial charge in [-0.15, -0.1) is 0 Å². The van der Waals surface area contributed by atoms with E-state index in [9.17, 15) is 18.0 Å². The first-order chi connectivity index (χ1) is 12.0. The molecule has 146 valence electrons. The number of ether oxygens (including phenoxy) is 1. The molecule has 1 aromatic rings. The number of carbonyl (C=O) groups excluding carboxylic acids is 1. The molecule has 2 rings (SSSR count). The number of hydrogen-bond donors (Lipinski definition) is 2. The summed E-state index contributed by atoms with van der Waals surface area (Å²) in [6, 6.07) is 3.26. The smallest absolute Gasteiger partial charge is 0.391 e. The molecule has 1 fully saturated rings. The molecule has 1 aliphatic rings. The Morgan fingerprint density at radius 2 is 1.85 bits per heavy atom. The van der Waals surface area contributed by atoms with Crippen LogP contribution in [-0.4, -0.2) is 29.3 Å². The van der Waals surface area contributed by atoms with Gasteiger partial charge in [-0.1, -0.05) is 0 Å². The molecule has 8 heteroatoms. The van der Waals surface area contributed by atoms with Crippen LogP contribution in [0.15, 0.2) is 18.3 Å². The molecule has 5 nitrogen and oxygen atoms in total. The lowest BCUT2D eigenvalue weighted by Crippen LogP contribution is -2.33. The summed E-state index contributed by atoms with van der Waals surface area (Å²) in [7, 11) is 0. The maximum atomic E-state index is 12.7. The van der Waals surface area contributed by atoms with Gasteiger partial charge in [0.15, 0.2) is 0 Å². The van der Waals surface area contributed by atoms with Crippen LogP contribution in [0.2, 0.25) is 0 Å². The highest BCUT2D eigenvalue weighted by Gasteiger charge is 2.41. The summed E-state index contributed by atoms with van der Waals surface area (Å²) in [6.45, 7) is 5.95. The molecular weight excluding hydrogens is 347 g/mol. The third kappa shape index (κ3) is 6.48. The fourth-order valence-corrected chi connectivity index (χ4v) is 2.91. The highest BCUT2D eigenvalue weighted by molar-refractivity contribution is 5.89. The number of rotatable bonds is 5. The van der Waals surface area contributed by atoms with Crippen molar-refractivity contribution < 1.29 is 22.7 Å². The molecule has 0 aliphatic heterocycles. The molecule has 1 saturated carbocycles. The number of nitrogens with one attached hydrogen (secondary N) is 2. The number of halogens is 3. The predicted octanol–water partition coefficient (Wildman–Crippen LogP) is 4.32. The molecule has 0 amide bonds. The van der Waals surface area contributed by atoms with Gasteiger partial charge in [0.1, 0.15) is 11.4 Å². The highest BCUT2D eigenvalue weighted by atomic mass is 19.4. The molecule has 1 heterocycles. The average molecular weight is 373 g/mol. The molecule has 0 unspecified atom stereocenters. The maximum Gasteiger partial charge on any atom is 0.391 e. The average Bonchev–Trinajstić information content (AvgIpc) is 2.53. The number of alkyl halides is 3. The summed E-state index contributed by atoms with van der Waals surface area (Å²) in [6.07, 6.45) is -1.14. The second-order valence-corrected chi connectivity index (χ2v) is 7.70. The van der Waals surface area contributed by atoms with Gasteiger partial charge in [-0.3, -0.25) is 0 Å². The van der Waals surface area contributed by atoms with Crippen LogP contribution in [0.4, 0.5) is 19.0 Å². The Labute approximate surface area is 151 Å². The monoisotopic (exact) mass is 373 g/mol. The van der Waals surface area contributed by atoms with Crippen molar-refractivity contribution in [3.63, 3.8) is 0 Å². The number of carbonyl (C=O) groups is 1. The first-order valence-corrected chi connectivity index (χ1v) is 8.79. The number of pyridine rings is 1. The number of hydrogen-bond acceptors (Lipinski definition) is 5. The van der Waals surface area contributed by atoms with E-state index in [2.05, 4.69) is 15.8 Å². The summed E-state index contributed by atoms with van der Waals surface area (Å²) < 4.78 is 43.2. The molecular formula is C18H26F3N3O2. The van der Waals surface area contributed by atoms with Crippen molar-refractivity contribution in [2.45, 2.75) is 58.2 Å². The molecule has 0 bridgehead atoms. The summed E-state index contributed by atoms with van der Waals surface area (Å²) in [5.41, 5.74) is 5.70. The fraction of sp³-hybridized carbons (Fsp3) is 0.667. The Hall–Kier alpha value is -1.83. The van der Waals surface area contributed by atoms with Crippen LogP contribution in [0.5, 0.6) is 0 Å². The Morgan fingerprint density at radius 3 is 2.35 bits per heavy atom. The summed E-state index contributed by atoms with van der Waals surface area (Å²) in [4.78, 5) is 16.0. The van der Waals surface area contributed by atoms with Crippen molar-refractivity contribution >= 4 is 11.8 Å². The van der Waals surface area contributed by atoms with Crippen LogP contribution in [0.1, 0.15) is 56.8 Å². The van der Waals surface area contributed by atoms with Crippen LogP contribution in [-0.2, 0) is 4.74 Å². The lowest BCUT2D eigenvalue weighted by atomic mass is 9.82. The van der Waals surface area contributed by atoms with E-state index in [4.69, 9.17) is 4.74 Å². The molecule has 0 aromatic carbocycles. The number of anilines is 1. The van der Waals surface area contributed by atoms with Crippen molar-refractivity contribution in [2.75, 3.05) is 12.0 Å². The van der Waals surface area contributed by atoms with Gasteiger partial charge in [0.2, 0.25) is 0 Å². The van der Waals surface area contributed by atoms with Crippen LogP contribution in [0.25, 0.3) is 0 Å². The van der Waals surface area contributed by atoms with Crippen molar-refractivity contribution in [3.8, 4) is 0 Å². The van der Waals surface area contributed by atoms with Gasteiger partial charge < -0.3 is 10.2 Å². The third-order valence-corrected chi connectivity index (χ3v) is 4.31. The van der Waals surface area contributed by atoms with E-state index in [1.807, 2.05) is 0 Å². The number of aromatic nitrogens is 1. The van der Waals surface area contributed by atoms with E-state index < -0.39 is 23.7 Å². The van der Waals surface area contributed by atoms with Crippen molar-refractivity contribution in [1.82, 2.24) is 10.4 Å². The van der Waals surface area contributed by atoms with Crippen molar-refractivity contribution in [3.05, 3.63) is 23.9 Å². The first kappa shape index (κ1) is 20.5. The fourth-order valence-electron chi connectivity index (χ4n) is 2.91. The summed E-state index contributed by atoms with van der Waals surface area (Å²) >= 11 is 0. The van der Waals surface area contributed by atoms with Gasteiger partial charge in [0, 0.05) is 12.7 Å². The van der Waals surface area contributed by atoms with Gasteiger partial charge in [0.25, 0.3) is 0 Å². The van der Waals surface area contributed by atoms with Crippen LogP contribution in [0.3, 0.4) is 0 Å². The SMILES string of the molecule is CC(C)(C)OC(=O)c1ccc(NNCC2CCC(C(F)(F)F)CC2)nc1. The standard InChI is InChI=1S/C18H26F3N3O2/c1-17(2,3)26-16(25)13-6-9-15(22-11-13)24-23-10-12-4-7-14(8-5-12)18(19,20)21/h6,9,11-12,14,23H,4-5,7-8,10H2,1-3H3,(H,22,24). The second kappa shape index (κ2) is 8.24. The number of hydrazine groups is 1. The largest absolute Gasteiger partial charge is 0.456 e. The Kier molecular flexibility index (Phi) is 6.49. The minimum absolute atomic E-state index is 0.193. The quantitative estimate of drug-likeness (QED) is 0.594. The van der Waals surface area contributed by atoms with E-state index in [1.54, 1.807) is 32.9 Å². The van der Waals surface area contributed by atoms with Crippen LogP contribution < -0.4 is 10.9 Å². The highest BCUT2D eigenvalue weighted by Crippen LogP contribution is 2.39. The van der Waals surface area contributed by atoms with E-state index in [-0.39, 0.29) is 18.8 Å². The van der Waals surface area contributed by atoms with Gasteiger partial charge in [-0.25, -0.2) is 15.2 Å². The zero-order chi connectivity index (χ0) is 19.4. The zero-order valence-electron chi connectivity index (χ0n) is 15.3. The van der Waals surface area contributed by atoms with Crippen molar-refractivity contribution in [1.29, 1.82) is 0 Å². The zero-order valence-corrected chi connectivity index (χ0v) is 15.3. The van der Waals surface area contributed by atoms with Gasteiger partial charge >= 0.3 is 12.1 Å². The molecule has 1 aromatic heterocycles. The normalized spacial score (nSPS) is 21.3. The predicted molar refractivity (Wildman–Crippen MR) is 92.5 cm³/mol. The second-order valence-electron chi connectivity index (χ2n) is 7.70. The topological polar surface area (TPSA) is 63.2 Å². The molecule has 26 heavy (non-hydrogen) atoms. The summed E-state index contributed by atoms with van der Waals surface area (Å²) in [5, 5.41) is 0.